The minimum absolute atomic E-state index is 0.0207. The lowest BCUT2D eigenvalue weighted by Crippen LogP contribution is -2.44. The van der Waals surface area contributed by atoms with Gasteiger partial charge in [-0.15, -0.1) is 0 Å². The molecule has 0 aromatic rings. The molecule has 2 rings (SSSR count). The van der Waals surface area contributed by atoms with Crippen molar-refractivity contribution in [2.75, 3.05) is 13.6 Å². The van der Waals surface area contributed by atoms with Gasteiger partial charge in [-0.25, -0.2) is 4.79 Å². The molecule has 96 valence electrons. The van der Waals surface area contributed by atoms with Gasteiger partial charge in [-0.1, -0.05) is 0 Å². The van der Waals surface area contributed by atoms with Crippen LogP contribution in [0.1, 0.15) is 25.7 Å². The van der Waals surface area contributed by atoms with Gasteiger partial charge in [0.2, 0.25) is 5.91 Å². The van der Waals surface area contributed by atoms with Gasteiger partial charge in [-0.2, -0.15) is 0 Å². The highest BCUT2D eigenvalue weighted by Crippen LogP contribution is 2.24. The van der Waals surface area contributed by atoms with Gasteiger partial charge in [0.1, 0.15) is 0 Å². The van der Waals surface area contributed by atoms with Crippen LogP contribution in [-0.4, -0.2) is 48.6 Å². The normalized spacial score (nSPS) is 24.8. The molecule has 4 N–H and O–H groups in total. The first-order valence-corrected chi connectivity index (χ1v) is 6.15. The largest absolute Gasteiger partial charge is 0.359 e. The first-order chi connectivity index (χ1) is 8.11. The van der Waals surface area contributed by atoms with E-state index in [0.717, 1.165) is 12.8 Å². The van der Waals surface area contributed by atoms with Gasteiger partial charge in [0, 0.05) is 32.1 Å². The minimum Gasteiger partial charge on any atom is -0.359 e. The van der Waals surface area contributed by atoms with Gasteiger partial charge < -0.3 is 21.3 Å². The number of amides is 3. The summed E-state index contributed by atoms with van der Waals surface area (Å²) in [7, 11) is 1.59. The predicted octanol–water partition coefficient (Wildman–Crippen LogP) is -0.604. The number of nitrogens with two attached hydrogens (primary N) is 1. The summed E-state index contributed by atoms with van der Waals surface area (Å²) in [6.45, 7) is 0.663. The molecule has 3 amide bonds. The second kappa shape index (κ2) is 4.91. The monoisotopic (exact) mass is 240 g/mol. The average Bonchev–Trinajstić information content (AvgIpc) is 3.02. The highest BCUT2D eigenvalue weighted by molar-refractivity contribution is 5.79. The first kappa shape index (κ1) is 12.2. The van der Waals surface area contributed by atoms with E-state index in [1.54, 1.807) is 11.9 Å². The standard InChI is InChI=1S/C11H20N4O2/c1-13-10(16)5-8(12)9-6-15(9)11(17)14-7-3-2-4-7/h7-9H,2-6,12H2,1H3,(H,13,16)(H,14,17). The summed E-state index contributed by atoms with van der Waals surface area (Å²) in [6.07, 6.45) is 3.63. The number of nitrogens with one attached hydrogen (secondary N) is 2. The first-order valence-electron chi connectivity index (χ1n) is 6.15. The Bertz CT molecular complexity index is 317. The molecule has 2 atom stereocenters. The van der Waals surface area contributed by atoms with Crippen molar-refractivity contribution < 1.29 is 9.59 Å². The second-order valence-electron chi connectivity index (χ2n) is 4.84. The molecule has 1 aliphatic heterocycles. The summed E-state index contributed by atoms with van der Waals surface area (Å²) < 4.78 is 0. The van der Waals surface area contributed by atoms with Crippen molar-refractivity contribution >= 4 is 11.9 Å². The number of rotatable bonds is 4. The van der Waals surface area contributed by atoms with Crippen LogP contribution < -0.4 is 16.4 Å². The third-order valence-corrected chi connectivity index (χ3v) is 3.54. The van der Waals surface area contributed by atoms with Crippen molar-refractivity contribution in [2.45, 2.75) is 43.8 Å². The van der Waals surface area contributed by atoms with Crippen LogP contribution in [0.4, 0.5) is 4.79 Å². The lowest BCUT2D eigenvalue weighted by molar-refractivity contribution is -0.120. The number of nitrogens with zero attached hydrogens (tertiary/aromatic N) is 1. The van der Waals surface area contributed by atoms with Crippen molar-refractivity contribution in [3.63, 3.8) is 0 Å². The quantitative estimate of drug-likeness (QED) is 0.573. The molecule has 2 aliphatic rings. The number of urea groups is 1. The van der Waals surface area contributed by atoms with E-state index in [4.69, 9.17) is 5.73 Å². The second-order valence-corrected chi connectivity index (χ2v) is 4.84. The highest BCUT2D eigenvalue weighted by atomic mass is 16.2. The Morgan fingerprint density at radius 2 is 2.18 bits per heavy atom. The Balaban J connectivity index is 1.71. The van der Waals surface area contributed by atoms with E-state index in [1.807, 2.05) is 0 Å². The topological polar surface area (TPSA) is 87.2 Å². The number of hydrogen-bond acceptors (Lipinski definition) is 3. The molecule has 2 unspecified atom stereocenters. The van der Waals surface area contributed by atoms with E-state index < -0.39 is 0 Å². The third-order valence-electron chi connectivity index (χ3n) is 3.54. The molecule has 2 fully saturated rings. The summed E-state index contributed by atoms with van der Waals surface area (Å²) in [5.74, 6) is -0.0799. The Morgan fingerprint density at radius 1 is 1.47 bits per heavy atom. The molecule has 0 radical (unpaired) electrons. The van der Waals surface area contributed by atoms with Crippen molar-refractivity contribution in [3.05, 3.63) is 0 Å². The van der Waals surface area contributed by atoms with Gasteiger partial charge in [-0.3, -0.25) is 4.79 Å². The van der Waals surface area contributed by atoms with Crippen molar-refractivity contribution in [3.8, 4) is 0 Å². The summed E-state index contributed by atoms with van der Waals surface area (Å²) >= 11 is 0. The molecular formula is C11H20N4O2. The lowest BCUT2D eigenvalue weighted by atomic mass is 9.93. The Morgan fingerprint density at radius 3 is 2.71 bits per heavy atom. The summed E-state index contributed by atoms with van der Waals surface area (Å²) in [6, 6.07) is 0.0699. The van der Waals surface area contributed by atoms with E-state index in [2.05, 4.69) is 10.6 Å². The van der Waals surface area contributed by atoms with E-state index in [9.17, 15) is 9.59 Å². The maximum absolute atomic E-state index is 11.7. The van der Waals surface area contributed by atoms with Crippen LogP contribution in [0.5, 0.6) is 0 Å². The number of carbonyl (C=O) groups is 2. The summed E-state index contributed by atoms with van der Waals surface area (Å²) in [4.78, 5) is 24.6. The predicted molar refractivity (Wildman–Crippen MR) is 63.3 cm³/mol. The molecule has 6 heteroatoms. The molecule has 0 bridgehead atoms. The Labute approximate surface area is 101 Å². The highest BCUT2D eigenvalue weighted by Gasteiger charge is 2.43. The van der Waals surface area contributed by atoms with Gasteiger partial charge in [0.15, 0.2) is 0 Å². The zero-order valence-corrected chi connectivity index (χ0v) is 10.1. The van der Waals surface area contributed by atoms with Crippen molar-refractivity contribution in [2.24, 2.45) is 5.73 Å². The smallest absolute Gasteiger partial charge is 0.318 e. The molecule has 17 heavy (non-hydrogen) atoms. The van der Waals surface area contributed by atoms with E-state index in [-0.39, 0.29) is 30.4 Å². The average molecular weight is 240 g/mol. The van der Waals surface area contributed by atoms with Crippen LogP contribution in [0.2, 0.25) is 0 Å². The van der Waals surface area contributed by atoms with Gasteiger partial charge in [0.05, 0.1) is 6.04 Å². The molecule has 1 heterocycles. The number of hydrogen-bond donors (Lipinski definition) is 3. The number of carbonyl (C=O) groups excluding carboxylic acids is 2. The van der Waals surface area contributed by atoms with E-state index >= 15 is 0 Å². The third kappa shape index (κ3) is 2.88. The molecule has 0 aromatic heterocycles. The van der Waals surface area contributed by atoms with Crippen molar-refractivity contribution in [1.82, 2.24) is 15.5 Å². The Hall–Kier alpha value is -1.30. The molecule has 0 spiro atoms. The van der Waals surface area contributed by atoms with Gasteiger partial charge in [0.25, 0.3) is 0 Å². The van der Waals surface area contributed by atoms with E-state index in [1.165, 1.54) is 6.42 Å². The fourth-order valence-corrected chi connectivity index (χ4v) is 2.02. The van der Waals surface area contributed by atoms with Crippen molar-refractivity contribution in [1.29, 1.82) is 0 Å². The molecule has 1 saturated heterocycles. The maximum atomic E-state index is 11.7. The van der Waals surface area contributed by atoms with Crippen LogP contribution in [0.3, 0.4) is 0 Å². The van der Waals surface area contributed by atoms with Crippen LogP contribution in [-0.2, 0) is 4.79 Å². The molecule has 6 nitrogen and oxygen atoms in total. The van der Waals surface area contributed by atoms with Gasteiger partial charge in [-0.05, 0) is 19.3 Å². The fraction of sp³-hybridized carbons (Fsp3) is 0.818. The van der Waals surface area contributed by atoms with E-state index in [0.29, 0.717) is 12.6 Å². The SMILES string of the molecule is CNC(=O)CC(N)C1CN1C(=O)NC1CCC1. The Kier molecular flexibility index (Phi) is 3.51. The zero-order chi connectivity index (χ0) is 12.4. The molecule has 0 aromatic carbocycles. The van der Waals surface area contributed by atoms with Crippen LogP contribution in [0, 0.1) is 0 Å². The van der Waals surface area contributed by atoms with Crippen LogP contribution >= 0.6 is 0 Å². The lowest BCUT2D eigenvalue weighted by Gasteiger charge is -2.26. The molecule has 1 aliphatic carbocycles. The fourth-order valence-electron chi connectivity index (χ4n) is 2.02. The van der Waals surface area contributed by atoms with Crippen LogP contribution in [0.15, 0.2) is 0 Å². The summed E-state index contributed by atoms with van der Waals surface area (Å²) in [5, 5.41) is 5.50. The maximum Gasteiger partial charge on any atom is 0.318 e. The van der Waals surface area contributed by atoms with Gasteiger partial charge >= 0.3 is 6.03 Å². The minimum atomic E-state index is -0.262. The molecule has 1 saturated carbocycles. The zero-order valence-electron chi connectivity index (χ0n) is 10.1. The summed E-state index contributed by atoms with van der Waals surface area (Å²) in [5.41, 5.74) is 5.88. The molecular weight excluding hydrogens is 220 g/mol. The van der Waals surface area contributed by atoms with Crippen LogP contribution in [0.25, 0.3) is 0 Å².